The fourth-order valence-electron chi connectivity index (χ4n) is 4.60. The molecule has 0 radical (unpaired) electrons. The van der Waals surface area contributed by atoms with Crippen LogP contribution >= 0.6 is 0 Å². The lowest BCUT2D eigenvalue weighted by Gasteiger charge is -2.29. The topological polar surface area (TPSA) is 183 Å². The monoisotopic (exact) mass is 555 g/mol. The molecule has 2 aliphatic carbocycles. The van der Waals surface area contributed by atoms with Crippen molar-refractivity contribution in [3.63, 3.8) is 0 Å². The molecule has 3 heterocycles. The Morgan fingerprint density at radius 2 is 1.87 bits per heavy atom. The summed E-state index contributed by atoms with van der Waals surface area (Å²) in [7, 11) is -3.82. The van der Waals surface area contributed by atoms with E-state index >= 15 is 0 Å². The van der Waals surface area contributed by atoms with Gasteiger partial charge in [0, 0.05) is 17.3 Å². The van der Waals surface area contributed by atoms with Gasteiger partial charge in [0.1, 0.15) is 11.5 Å². The second-order valence-corrected chi connectivity index (χ2v) is 11.5. The minimum Gasteiger partial charge on any atom is -0.493 e. The number of H-pyrrole nitrogens is 2. The van der Waals surface area contributed by atoms with E-state index in [9.17, 15) is 22.7 Å². The summed E-state index contributed by atoms with van der Waals surface area (Å²) in [6, 6.07) is 4.85. The SMILES string of the molecule is O=c1[nH]c(O)c(/C=c2\cnn3c(=NC4CC4)nc(NC4CCC(NS(=O)(=O)c5cccc(F)c5)CC4)nc23)[nH]1. The summed E-state index contributed by atoms with van der Waals surface area (Å²) in [6.45, 7) is 0. The van der Waals surface area contributed by atoms with Crippen LogP contribution in [0, 0.1) is 5.82 Å². The first-order valence-electron chi connectivity index (χ1n) is 12.6. The van der Waals surface area contributed by atoms with Gasteiger partial charge in [0.15, 0.2) is 5.65 Å². The molecular weight excluding hydrogens is 529 g/mol. The second-order valence-electron chi connectivity index (χ2n) is 9.80. The third-order valence-electron chi connectivity index (χ3n) is 6.75. The standard InChI is InChI=1S/C24H26FN9O4S/c25-14-2-1-3-18(11-14)39(37,38)33-17-8-6-15(7-9-17)27-22-30-20-13(10-19-21(35)31-24(36)29-19)12-26-34(20)23(32-22)28-16-4-5-16/h1-3,10-12,15-17,33,35H,4-9H2,(H,27,28,32)(H2,29,31,36)/b13-10+. The number of sulfonamides is 1. The molecular formula is C24H26FN9O4S. The molecule has 2 saturated carbocycles. The number of nitrogens with zero attached hydrogens (tertiary/aromatic N) is 5. The molecule has 0 saturated heterocycles. The van der Waals surface area contributed by atoms with Gasteiger partial charge in [-0.05, 0) is 62.8 Å². The van der Waals surface area contributed by atoms with Crippen molar-refractivity contribution in [2.75, 3.05) is 5.32 Å². The molecule has 0 unspecified atom stereocenters. The third kappa shape index (κ3) is 5.54. The summed E-state index contributed by atoms with van der Waals surface area (Å²) in [5.41, 5.74) is 0.506. The quantitative estimate of drug-likeness (QED) is 0.216. The van der Waals surface area contributed by atoms with Crippen LogP contribution in [0.2, 0.25) is 0 Å². The number of anilines is 1. The summed E-state index contributed by atoms with van der Waals surface area (Å²) in [5, 5.41) is 18.2. The zero-order valence-corrected chi connectivity index (χ0v) is 21.4. The molecule has 0 atom stereocenters. The Labute approximate surface area is 221 Å². The van der Waals surface area contributed by atoms with Gasteiger partial charge < -0.3 is 15.4 Å². The Morgan fingerprint density at radius 3 is 2.56 bits per heavy atom. The Balaban J connectivity index is 1.21. The van der Waals surface area contributed by atoms with Crippen molar-refractivity contribution in [3.8, 4) is 5.88 Å². The average Bonchev–Trinajstić information content (AvgIpc) is 3.53. The number of aromatic amines is 2. The van der Waals surface area contributed by atoms with Gasteiger partial charge in [0.25, 0.3) is 5.62 Å². The summed E-state index contributed by atoms with van der Waals surface area (Å²) in [6.07, 6.45) is 7.56. The number of fused-ring (bicyclic) bond motifs is 1. The van der Waals surface area contributed by atoms with Gasteiger partial charge in [-0.15, -0.1) is 0 Å². The van der Waals surface area contributed by atoms with E-state index in [2.05, 4.69) is 40.1 Å². The molecule has 0 spiro atoms. The third-order valence-corrected chi connectivity index (χ3v) is 8.27. The first-order valence-corrected chi connectivity index (χ1v) is 14.1. The number of halogens is 1. The first kappa shape index (κ1) is 25.2. The van der Waals surface area contributed by atoms with Crippen molar-refractivity contribution in [2.24, 2.45) is 4.99 Å². The van der Waals surface area contributed by atoms with Crippen molar-refractivity contribution in [1.82, 2.24) is 34.3 Å². The molecule has 2 fully saturated rings. The van der Waals surface area contributed by atoms with Crippen molar-refractivity contribution in [2.45, 2.75) is 61.5 Å². The highest BCUT2D eigenvalue weighted by Gasteiger charge is 2.27. The van der Waals surface area contributed by atoms with Gasteiger partial charge in [-0.2, -0.15) is 19.6 Å². The molecule has 3 aromatic heterocycles. The molecule has 204 valence electrons. The Kier molecular flexibility index (Phi) is 6.38. The summed E-state index contributed by atoms with van der Waals surface area (Å²) >= 11 is 0. The molecule has 0 aliphatic heterocycles. The molecule has 5 N–H and O–H groups in total. The molecule has 4 aromatic rings. The van der Waals surface area contributed by atoms with Crippen LogP contribution in [0.4, 0.5) is 10.3 Å². The predicted octanol–water partition coefficient (Wildman–Crippen LogP) is 0.298. The number of imidazole rings is 1. The average molecular weight is 556 g/mol. The molecule has 0 amide bonds. The van der Waals surface area contributed by atoms with Gasteiger partial charge in [0.2, 0.25) is 21.9 Å². The highest BCUT2D eigenvalue weighted by molar-refractivity contribution is 7.89. The van der Waals surface area contributed by atoms with Crippen LogP contribution in [0.1, 0.15) is 44.2 Å². The van der Waals surface area contributed by atoms with Crippen LogP contribution < -0.4 is 26.6 Å². The van der Waals surface area contributed by atoms with Crippen LogP contribution in [0.5, 0.6) is 5.88 Å². The fourth-order valence-corrected chi connectivity index (χ4v) is 5.94. The van der Waals surface area contributed by atoms with E-state index in [4.69, 9.17) is 0 Å². The predicted molar refractivity (Wildman–Crippen MR) is 138 cm³/mol. The van der Waals surface area contributed by atoms with E-state index in [0.717, 1.165) is 18.9 Å². The zero-order chi connectivity index (χ0) is 27.1. The smallest absolute Gasteiger partial charge is 0.326 e. The number of nitrogens with one attached hydrogen (secondary N) is 4. The highest BCUT2D eigenvalue weighted by Crippen LogP contribution is 2.24. The van der Waals surface area contributed by atoms with Crippen LogP contribution in [-0.2, 0) is 10.0 Å². The van der Waals surface area contributed by atoms with Gasteiger partial charge in [-0.25, -0.2) is 27.3 Å². The van der Waals surface area contributed by atoms with Crippen LogP contribution in [0.15, 0.2) is 45.1 Å². The minimum absolute atomic E-state index is 0.00317. The van der Waals surface area contributed by atoms with E-state index in [1.165, 1.54) is 22.7 Å². The summed E-state index contributed by atoms with van der Waals surface area (Å²) in [5.74, 6) is -0.542. The zero-order valence-electron chi connectivity index (χ0n) is 20.6. The maximum Gasteiger partial charge on any atom is 0.326 e. The molecule has 39 heavy (non-hydrogen) atoms. The number of aromatic hydroxyl groups is 1. The van der Waals surface area contributed by atoms with Crippen LogP contribution in [0.3, 0.4) is 0 Å². The lowest BCUT2D eigenvalue weighted by atomic mass is 9.92. The van der Waals surface area contributed by atoms with Crippen molar-refractivity contribution in [1.29, 1.82) is 0 Å². The molecule has 15 heteroatoms. The van der Waals surface area contributed by atoms with Crippen LogP contribution in [-0.4, -0.2) is 61.2 Å². The van der Waals surface area contributed by atoms with E-state index in [1.807, 2.05) is 0 Å². The van der Waals surface area contributed by atoms with Gasteiger partial charge in [-0.1, -0.05) is 6.07 Å². The molecule has 6 rings (SSSR count). The lowest BCUT2D eigenvalue weighted by molar-refractivity contribution is 0.386. The number of hydrogen-bond acceptors (Lipinski definition) is 9. The summed E-state index contributed by atoms with van der Waals surface area (Å²) in [4.78, 5) is 30.1. The van der Waals surface area contributed by atoms with E-state index < -0.39 is 21.5 Å². The van der Waals surface area contributed by atoms with Gasteiger partial charge >= 0.3 is 5.69 Å². The Morgan fingerprint density at radius 1 is 1.10 bits per heavy atom. The number of aromatic nitrogens is 6. The minimum atomic E-state index is -3.82. The normalized spacial score (nSPS) is 21.1. The van der Waals surface area contributed by atoms with E-state index in [0.29, 0.717) is 48.1 Å². The Bertz CT molecular complexity index is 1820. The second kappa shape index (κ2) is 9.89. The maximum absolute atomic E-state index is 13.5. The fraction of sp³-hybridized carbons (Fsp3) is 0.375. The molecule has 1 aromatic carbocycles. The van der Waals surface area contributed by atoms with Crippen molar-refractivity contribution in [3.05, 3.63) is 63.3 Å². The largest absolute Gasteiger partial charge is 0.493 e. The lowest BCUT2D eigenvalue weighted by Crippen LogP contribution is -2.40. The van der Waals surface area contributed by atoms with Gasteiger partial charge in [-0.3, -0.25) is 4.98 Å². The maximum atomic E-state index is 13.5. The van der Waals surface area contributed by atoms with Crippen molar-refractivity contribution < 1.29 is 17.9 Å². The number of hydrogen-bond donors (Lipinski definition) is 5. The summed E-state index contributed by atoms with van der Waals surface area (Å²) < 4.78 is 43.1. The van der Waals surface area contributed by atoms with E-state index in [1.54, 1.807) is 12.3 Å². The molecule has 13 nitrogen and oxygen atoms in total. The molecule has 2 aliphatic rings. The van der Waals surface area contributed by atoms with Gasteiger partial charge in [0.05, 0.1) is 17.1 Å². The first-order chi connectivity index (χ1) is 18.7. The number of benzene rings is 1. The molecule has 0 bridgehead atoms. The number of rotatable bonds is 7. The van der Waals surface area contributed by atoms with E-state index in [-0.39, 0.29) is 34.6 Å². The van der Waals surface area contributed by atoms with Crippen molar-refractivity contribution >= 4 is 27.7 Å². The van der Waals surface area contributed by atoms with Crippen LogP contribution in [0.25, 0.3) is 11.7 Å². The highest BCUT2D eigenvalue weighted by atomic mass is 32.2. The Hall–Kier alpha value is -4.11.